The highest BCUT2D eigenvalue weighted by molar-refractivity contribution is 5.33. The summed E-state index contributed by atoms with van der Waals surface area (Å²) in [6.45, 7) is 1.48. The molecule has 156 valence electrons. The van der Waals surface area contributed by atoms with Gasteiger partial charge < -0.3 is 9.47 Å². The van der Waals surface area contributed by atoms with Crippen molar-refractivity contribution >= 4 is 0 Å². The lowest BCUT2D eigenvalue weighted by Gasteiger charge is -2.37. The molecule has 2 aliphatic rings. The topological polar surface area (TPSA) is 18.5 Å². The first-order chi connectivity index (χ1) is 13.5. The Morgan fingerprint density at radius 2 is 1.79 bits per heavy atom. The molecule has 0 radical (unpaired) electrons. The van der Waals surface area contributed by atoms with Crippen molar-refractivity contribution in [3.05, 3.63) is 41.2 Å². The monoisotopic (exact) mass is 400 g/mol. The fourth-order valence-electron chi connectivity index (χ4n) is 4.57. The van der Waals surface area contributed by atoms with Crippen LogP contribution in [0.25, 0.3) is 0 Å². The van der Waals surface area contributed by atoms with Crippen LogP contribution in [0.2, 0.25) is 0 Å². The summed E-state index contributed by atoms with van der Waals surface area (Å²) in [5.41, 5.74) is 0.436. The molecule has 3 rings (SSSR count). The molecule has 1 aliphatic carbocycles. The molecule has 6 heteroatoms. The maximum absolute atomic E-state index is 14.5. The summed E-state index contributed by atoms with van der Waals surface area (Å²) < 4.78 is 64.7. The van der Waals surface area contributed by atoms with Gasteiger partial charge in [-0.05, 0) is 80.9 Å². The molecule has 1 saturated carbocycles. The second-order valence-corrected chi connectivity index (χ2v) is 7.78. The second-order valence-electron chi connectivity index (χ2n) is 7.78. The molecule has 0 bridgehead atoms. The van der Waals surface area contributed by atoms with Gasteiger partial charge in [0.15, 0.2) is 11.6 Å². The van der Waals surface area contributed by atoms with Crippen LogP contribution in [0.3, 0.4) is 0 Å². The van der Waals surface area contributed by atoms with Crippen LogP contribution in [0.15, 0.2) is 24.0 Å². The number of benzene rings is 1. The minimum absolute atomic E-state index is 0.0141. The molecule has 1 aliphatic heterocycles. The van der Waals surface area contributed by atoms with E-state index in [2.05, 4.69) is 0 Å². The van der Waals surface area contributed by atoms with Crippen molar-refractivity contribution in [3.8, 4) is 5.75 Å². The van der Waals surface area contributed by atoms with E-state index in [9.17, 15) is 17.6 Å². The SMILES string of the molecule is CCOc1ccc(C2CCC(C3CCC(C=C(F)CF)OC3)CC2)c(F)c1F. The van der Waals surface area contributed by atoms with Crippen molar-refractivity contribution in [2.24, 2.45) is 11.8 Å². The molecule has 2 unspecified atom stereocenters. The minimum atomic E-state index is -1.09. The number of ether oxygens (including phenoxy) is 2. The third-order valence-electron chi connectivity index (χ3n) is 6.10. The van der Waals surface area contributed by atoms with Gasteiger partial charge in [0.05, 0.1) is 19.3 Å². The van der Waals surface area contributed by atoms with Crippen LogP contribution < -0.4 is 4.74 Å². The van der Waals surface area contributed by atoms with Gasteiger partial charge >= 0.3 is 0 Å². The molecule has 0 N–H and O–H groups in total. The first kappa shape index (κ1) is 21.2. The summed E-state index contributed by atoms with van der Waals surface area (Å²) in [6, 6.07) is 3.16. The molecule has 28 heavy (non-hydrogen) atoms. The van der Waals surface area contributed by atoms with Gasteiger partial charge in [-0.15, -0.1) is 0 Å². The summed E-state index contributed by atoms with van der Waals surface area (Å²) in [6.07, 6.45) is 5.99. The van der Waals surface area contributed by atoms with Gasteiger partial charge in [-0.1, -0.05) is 6.07 Å². The van der Waals surface area contributed by atoms with Gasteiger partial charge in [0, 0.05) is 0 Å². The van der Waals surface area contributed by atoms with E-state index in [0.29, 0.717) is 37.0 Å². The Morgan fingerprint density at radius 1 is 1.07 bits per heavy atom. The Kier molecular flexibility index (Phi) is 7.38. The molecular weight excluding hydrogens is 372 g/mol. The van der Waals surface area contributed by atoms with Crippen LogP contribution in [-0.2, 0) is 4.74 Å². The molecule has 1 heterocycles. The third-order valence-corrected chi connectivity index (χ3v) is 6.10. The van der Waals surface area contributed by atoms with E-state index in [-0.39, 0.29) is 17.8 Å². The zero-order valence-corrected chi connectivity index (χ0v) is 16.2. The Balaban J connectivity index is 1.53. The average Bonchev–Trinajstić information content (AvgIpc) is 2.72. The van der Waals surface area contributed by atoms with Crippen molar-refractivity contribution in [3.63, 3.8) is 0 Å². The summed E-state index contributed by atoms with van der Waals surface area (Å²) in [5.74, 6) is -1.62. The molecular formula is C22H28F4O2. The van der Waals surface area contributed by atoms with Gasteiger partial charge in [-0.3, -0.25) is 0 Å². The average molecular weight is 400 g/mol. The Hall–Kier alpha value is -1.56. The molecule has 2 nitrogen and oxygen atoms in total. The van der Waals surface area contributed by atoms with Crippen LogP contribution in [0.5, 0.6) is 5.75 Å². The Labute approximate surface area is 163 Å². The maximum atomic E-state index is 14.5. The van der Waals surface area contributed by atoms with Gasteiger partial charge in [0.1, 0.15) is 12.5 Å². The molecule has 1 aromatic carbocycles. The summed E-state index contributed by atoms with van der Waals surface area (Å²) in [5, 5.41) is 0. The van der Waals surface area contributed by atoms with Crippen molar-refractivity contribution in [1.82, 2.24) is 0 Å². The predicted molar refractivity (Wildman–Crippen MR) is 99.9 cm³/mol. The minimum Gasteiger partial charge on any atom is -0.491 e. The first-order valence-electron chi connectivity index (χ1n) is 10.2. The van der Waals surface area contributed by atoms with Gasteiger partial charge in [-0.2, -0.15) is 4.39 Å². The van der Waals surface area contributed by atoms with E-state index < -0.39 is 24.1 Å². The van der Waals surface area contributed by atoms with E-state index in [1.807, 2.05) is 0 Å². The smallest absolute Gasteiger partial charge is 0.200 e. The number of hydrogen-bond donors (Lipinski definition) is 0. The standard InChI is InChI=1S/C22H28F4O2/c1-2-27-20-10-9-19(21(25)22(20)26)15-5-3-14(4-6-15)16-7-8-18(28-13-16)11-17(24)12-23/h9-11,14-16,18H,2-8,12-13H2,1H3. The summed E-state index contributed by atoms with van der Waals surface area (Å²) >= 11 is 0. The lowest BCUT2D eigenvalue weighted by Crippen LogP contribution is -2.31. The van der Waals surface area contributed by atoms with Gasteiger partial charge in [0.2, 0.25) is 5.82 Å². The largest absolute Gasteiger partial charge is 0.491 e. The summed E-state index contributed by atoms with van der Waals surface area (Å²) in [7, 11) is 0. The molecule has 1 aromatic rings. The van der Waals surface area contributed by atoms with E-state index >= 15 is 0 Å². The van der Waals surface area contributed by atoms with Crippen LogP contribution in [0.1, 0.15) is 56.9 Å². The number of allylic oxidation sites excluding steroid dienone is 1. The van der Waals surface area contributed by atoms with Gasteiger partial charge in [-0.25, -0.2) is 13.2 Å². The van der Waals surface area contributed by atoms with E-state index in [1.165, 1.54) is 12.1 Å². The molecule has 0 spiro atoms. The highest BCUT2D eigenvalue weighted by Crippen LogP contribution is 2.42. The van der Waals surface area contributed by atoms with Crippen molar-refractivity contribution in [2.45, 2.75) is 57.5 Å². The van der Waals surface area contributed by atoms with Crippen molar-refractivity contribution in [2.75, 3.05) is 19.9 Å². The van der Waals surface area contributed by atoms with E-state index in [4.69, 9.17) is 9.47 Å². The highest BCUT2D eigenvalue weighted by atomic mass is 19.2. The Bertz CT molecular complexity index is 675. The second kappa shape index (κ2) is 9.77. The molecule has 1 saturated heterocycles. The number of hydrogen-bond acceptors (Lipinski definition) is 2. The van der Waals surface area contributed by atoms with Crippen molar-refractivity contribution < 1.29 is 27.0 Å². The lowest BCUT2D eigenvalue weighted by molar-refractivity contribution is -0.0159. The predicted octanol–water partition coefficient (Wildman–Crippen LogP) is 6.26. The molecule has 2 atom stereocenters. The zero-order chi connectivity index (χ0) is 20.1. The fourth-order valence-corrected chi connectivity index (χ4v) is 4.57. The fraction of sp³-hybridized carbons (Fsp3) is 0.636. The molecule has 0 aromatic heterocycles. The van der Waals surface area contributed by atoms with Crippen LogP contribution >= 0.6 is 0 Å². The van der Waals surface area contributed by atoms with Gasteiger partial charge in [0.25, 0.3) is 0 Å². The van der Waals surface area contributed by atoms with E-state index in [0.717, 1.165) is 32.1 Å². The normalized spacial score (nSPS) is 29.0. The van der Waals surface area contributed by atoms with Crippen LogP contribution in [-0.4, -0.2) is 26.0 Å². The zero-order valence-electron chi connectivity index (χ0n) is 16.2. The first-order valence-corrected chi connectivity index (χ1v) is 10.2. The van der Waals surface area contributed by atoms with Crippen LogP contribution in [0.4, 0.5) is 17.6 Å². The van der Waals surface area contributed by atoms with E-state index in [1.54, 1.807) is 13.0 Å². The number of halogens is 4. The number of rotatable bonds is 6. The van der Waals surface area contributed by atoms with Crippen LogP contribution in [0, 0.1) is 23.5 Å². The number of alkyl halides is 1. The highest BCUT2D eigenvalue weighted by Gasteiger charge is 2.33. The Morgan fingerprint density at radius 3 is 2.39 bits per heavy atom. The van der Waals surface area contributed by atoms with Crippen molar-refractivity contribution in [1.29, 1.82) is 0 Å². The maximum Gasteiger partial charge on any atom is 0.200 e. The quantitative estimate of drug-likeness (QED) is 0.525. The molecule has 0 amide bonds. The lowest BCUT2D eigenvalue weighted by atomic mass is 9.72. The molecule has 2 fully saturated rings. The summed E-state index contributed by atoms with van der Waals surface area (Å²) in [4.78, 5) is 0. The third kappa shape index (κ3) is 4.88.